The van der Waals surface area contributed by atoms with Crippen molar-refractivity contribution in [3.8, 4) is 0 Å². The van der Waals surface area contributed by atoms with Crippen molar-refractivity contribution in [3.63, 3.8) is 0 Å². The summed E-state index contributed by atoms with van der Waals surface area (Å²) in [5.74, 6) is 1.72. The molecule has 0 aliphatic heterocycles. The molecule has 1 heterocycles. The molecule has 0 saturated heterocycles. The Balaban J connectivity index is 1.53. The molecule has 1 N–H and O–H groups in total. The molecule has 0 amide bonds. The smallest absolute Gasteiger partial charge is 0.194 e. The number of rotatable bonds is 10. The predicted octanol–water partition coefficient (Wildman–Crippen LogP) is 2.15. The van der Waals surface area contributed by atoms with Gasteiger partial charge in [0.25, 0.3) is 0 Å². The summed E-state index contributed by atoms with van der Waals surface area (Å²) in [6, 6.07) is 8.45. The Morgan fingerprint density at radius 2 is 2.22 bits per heavy atom. The van der Waals surface area contributed by atoms with Crippen LogP contribution in [0.25, 0.3) is 0 Å². The molecule has 1 aromatic heterocycles. The van der Waals surface area contributed by atoms with Crippen molar-refractivity contribution < 1.29 is 4.74 Å². The van der Waals surface area contributed by atoms with Crippen molar-refractivity contribution in [2.75, 3.05) is 33.4 Å². The van der Waals surface area contributed by atoms with Gasteiger partial charge in [0.2, 0.25) is 0 Å². The number of benzene rings is 1. The molecule has 0 unspecified atom stereocenters. The van der Waals surface area contributed by atoms with Crippen LogP contribution in [-0.4, -0.2) is 59.0 Å². The van der Waals surface area contributed by atoms with E-state index in [0.29, 0.717) is 6.54 Å². The maximum atomic E-state index is 5.75. The quantitative estimate of drug-likeness (QED) is 0.394. The van der Waals surface area contributed by atoms with Crippen LogP contribution in [0, 0.1) is 5.92 Å². The van der Waals surface area contributed by atoms with Crippen LogP contribution < -0.4 is 5.32 Å². The fourth-order valence-corrected chi connectivity index (χ4v) is 2.81. The number of aromatic nitrogens is 3. The van der Waals surface area contributed by atoms with Crippen molar-refractivity contribution in [2.24, 2.45) is 10.9 Å². The van der Waals surface area contributed by atoms with Crippen LogP contribution in [0.15, 0.2) is 41.9 Å². The topological polar surface area (TPSA) is 67.6 Å². The number of ether oxygens (including phenoxy) is 1. The first-order chi connectivity index (χ1) is 13.2. The highest BCUT2D eigenvalue weighted by Crippen LogP contribution is 2.28. The third kappa shape index (κ3) is 6.67. The molecule has 0 radical (unpaired) electrons. The van der Waals surface area contributed by atoms with Crippen LogP contribution in [0.4, 0.5) is 0 Å². The predicted molar refractivity (Wildman–Crippen MR) is 107 cm³/mol. The largest absolute Gasteiger partial charge is 0.379 e. The summed E-state index contributed by atoms with van der Waals surface area (Å²) in [4.78, 5) is 10.9. The molecule has 1 aliphatic carbocycles. The summed E-state index contributed by atoms with van der Waals surface area (Å²) in [5, 5.41) is 7.53. The summed E-state index contributed by atoms with van der Waals surface area (Å²) in [7, 11) is 2.06. The third-order valence-corrected chi connectivity index (χ3v) is 4.53. The first-order valence-corrected chi connectivity index (χ1v) is 9.72. The first-order valence-electron chi connectivity index (χ1n) is 9.72. The normalized spacial score (nSPS) is 14.4. The average molecular weight is 371 g/mol. The average Bonchev–Trinajstić information content (AvgIpc) is 3.37. The molecule has 2 aromatic rings. The molecule has 27 heavy (non-hydrogen) atoms. The minimum absolute atomic E-state index is 0.640. The summed E-state index contributed by atoms with van der Waals surface area (Å²) < 4.78 is 7.57. The zero-order chi connectivity index (χ0) is 18.9. The van der Waals surface area contributed by atoms with E-state index in [4.69, 9.17) is 9.73 Å². The molecule has 146 valence electrons. The SMILES string of the molecule is CCNC(=NCc1cccc(Cn2cncn2)c1)N(C)CCOCC1CC1. The molecule has 7 heteroatoms. The fourth-order valence-electron chi connectivity index (χ4n) is 2.81. The maximum Gasteiger partial charge on any atom is 0.194 e. The van der Waals surface area contributed by atoms with Crippen molar-refractivity contribution in [1.29, 1.82) is 0 Å². The monoisotopic (exact) mass is 370 g/mol. The van der Waals surface area contributed by atoms with E-state index in [1.807, 2.05) is 4.68 Å². The fraction of sp³-hybridized carbons (Fsp3) is 0.550. The molecule has 1 fully saturated rings. The van der Waals surface area contributed by atoms with E-state index in [-0.39, 0.29) is 0 Å². The van der Waals surface area contributed by atoms with Gasteiger partial charge in [0, 0.05) is 26.7 Å². The maximum absolute atomic E-state index is 5.75. The van der Waals surface area contributed by atoms with Gasteiger partial charge in [-0.05, 0) is 36.8 Å². The van der Waals surface area contributed by atoms with Crippen molar-refractivity contribution in [2.45, 2.75) is 32.9 Å². The van der Waals surface area contributed by atoms with Crippen LogP contribution in [0.1, 0.15) is 30.9 Å². The lowest BCUT2D eigenvalue weighted by molar-refractivity contribution is 0.115. The summed E-state index contributed by atoms with van der Waals surface area (Å²) >= 11 is 0. The van der Waals surface area contributed by atoms with Gasteiger partial charge in [0.05, 0.1) is 19.7 Å². The van der Waals surface area contributed by atoms with Crippen LogP contribution in [-0.2, 0) is 17.8 Å². The second-order valence-corrected chi connectivity index (χ2v) is 7.02. The lowest BCUT2D eigenvalue weighted by Gasteiger charge is -2.22. The number of aliphatic imine (C=N–C) groups is 1. The van der Waals surface area contributed by atoms with E-state index in [0.717, 1.165) is 44.7 Å². The Morgan fingerprint density at radius 1 is 1.37 bits per heavy atom. The number of hydrogen-bond donors (Lipinski definition) is 1. The first kappa shape index (κ1) is 19.4. The molecule has 3 rings (SSSR count). The van der Waals surface area contributed by atoms with Crippen molar-refractivity contribution in [3.05, 3.63) is 48.0 Å². The highest BCUT2D eigenvalue weighted by Gasteiger charge is 2.21. The van der Waals surface area contributed by atoms with Gasteiger partial charge in [-0.3, -0.25) is 0 Å². The minimum atomic E-state index is 0.640. The van der Waals surface area contributed by atoms with Gasteiger partial charge in [0.1, 0.15) is 12.7 Å². The summed E-state index contributed by atoms with van der Waals surface area (Å²) in [6.45, 7) is 6.77. The molecule has 1 aliphatic rings. The van der Waals surface area contributed by atoms with Gasteiger partial charge in [-0.15, -0.1) is 0 Å². The Labute approximate surface area is 161 Å². The Bertz CT molecular complexity index is 711. The van der Waals surface area contributed by atoms with Crippen molar-refractivity contribution in [1.82, 2.24) is 25.0 Å². The molecule has 0 spiro atoms. The van der Waals surface area contributed by atoms with Gasteiger partial charge >= 0.3 is 0 Å². The summed E-state index contributed by atoms with van der Waals surface area (Å²) in [6.07, 6.45) is 5.95. The minimum Gasteiger partial charge on any atom is -0.379 e. The van der Waals surface area contributed by atoms with Gasteiger partial charge < -0.3 is 15.0 Å². The van der Waals surface area contributed by atoms with Crippen LogP contribution >= 0.6 is 0 Å². The zero-order valence-electron chi connectivity index (χ0n) is 16.3. The Morgan fingerprint density at radius 3 is 2.96 bits per heavy atom. The lowest BCUT2D eigenvalue weighted by Crippen LogP contribution is -2.40. The zero-order valence-corrected chi connectivity index (χ0v) is 16.3. The van der Waals surface area contributed by atoms with E-state index < -0.39 is 0 Å². The van der Waals surface area contributed by atoms with Crippen LogP contribution in [0.2, 0.25) is 0 Å². The number of nitrogens with zero attached hydrogens (tertiary/aromatic N) is 5. The van der Waals surface area contributed by atoms with E-state index >= 15 is 0 Å². The number of likely N-dealkylation sites (N-methyl/N-ethyl adjacent to an activating group) is 1. The van der Waals surface area contributed by atoms with Gasteiger partial charge in [-0.1, -0.05) is 24.3 Å². The van der Waals surface area contributed by atoms with E-state index in [1.54, 1.807) is 12.7 Å². The molecule has 1 saturated carbocycles. The molecular formula is C20H30N6O. The number of guanidine groups is 1. The van der Waals surface area contributed by atoms with Gasteiger partial charge in [0.15, 0.2) is 5.96 Å². The summed E-state index contributed by atoms with van der Waals surface area (Å²) in [5.41, 5.74) is 2.38. The van der Waals surface area contributed by atoms with Crippen LogP contribution in [0.5, 0.6) is 0 Å². The van der Waals surface area contributed by atoms with Gasteiger partial charge in [-0.25, -0.2) is 14.7 Å². The molecule has 0 atom stereocenters. The number of hydrogen-bond acceptors (Lipinski definition) is 4. The van der Waals surface area contributed by atoms with E-state index in [1.165, 1.54) is 24.0 Å². The Hall–Kier alpha value is -2.41. The van der Waals surface area contributed by atoms with Crippen molar-refractivity contribution >= 4 is 5.96 Å². The molecule has 7 nitrogen and oxygen atoms in total. The second-order valence-electron chi connectivity index (χ2n) is 7.02. The van der Waals surface area contributed by atoms with E-state index in [2.05, 4.69) is 58.5 Å². The molecular weight excluding hydrogens is 340 g/mol. The van der Waals surface area contributed by atoms with Gasteiger partial charge in [-0.2, -0.15) is 5.10 Å². The van der Waals surface area contributed by atoms with E-state index in [9.17, 15) is 0 Å². The number of nitrogens with one attached hydrogen (secondary N) is 1. The lowest BCUT2D eigenvalue weighted by atomic mass is 10.1. The van der Waals surface area contributed by atoms with Crippen LogP contribution in [0.3, 0.4) is 0 Å². The Kier molecular flexibility index (Phi) is 7.21. The molecule has 1 aromatic carbocycles. The third-order valence-electron chi connectivity index (χ3n) is 4.53. The second kappa shape index (κ2) is 10.1. The molecule has 0 bridgehead atoms. The highest BCUT2D eigenvalue weighted by molar-refractivity contribution is 5.79. The highest BCUT2D eigenvalue weighted by atomic mass is 16.5. The standard InChI is InChI=1S/C20H30N6O/c1-3-22-20(25(2)9-10-27-14-17-7-8-17)23-12-18-5-4-6-19(11-18)13-26-16-21-15-24-26/h4-6,11,15-17H,3,7-10,12-14H2,1-2H3,(H,22,23).